The fourth-order valence-corrected chi connectivity index (χ4v) is 4.88. The Morgan fingerprint density at radius 3 is 2.22 bits per heavy atom. The second kappa shape index (κ2) is 12.5. The lowest BCUT2D eigenvalue weighted by atomic mass is 10.1. The Hall–Kier alpha value is -2.57. The second-order valence-corrected chi connectivity index (χ2v) is 9.51. The molecule has 0 saturated carbocycles. The third kappa shape index (κ3) is 7.84. The lowest BCUT2D eigenvalue weighted by Gasteiger charge is -2.28. The zero-order valence-corrected chi connectivity index (χ0v) is 20.4. The number of carbonyl (C=O) groups excluding carboxylic acids is 2. The van der Waals surface area contributed by atoms with E-state index in [2.05, 4.69) is 33.4 Å². The van der Waals surface area contributed by atoms with Crippen LogP contribution in [-0.2, 0) is 22.6 Å². The van der Waals surface area contributed by atoms with Crippen LogP contribution in [0, 0.1) is 0 Å². The molecule has 166 valence electrons. The number of hydrogen-bond acceptors (Lipinski definition) is 3. The molecule has 32 heavy (non-hydrogen) atoms. The molecule has 0 saturated heterocycles. The Bertz CT molecular complexity index is 1010. The van der Waals surface area contributed by atoms with Crippen molar-refractivity contribution in [1.82, 2.24) is 10.2 Å². The number of amides is 2. The average Bonchev–Trinajstić information content (AvgIpc) is 2.80. The van der Waals surface area contributed by atoms with Crippen LogP contribution in [-0.4, -0.2) is 35.1 Å². The molecule has 1 unspecified atom stereocenters. The van der Waals surface area contributed by atoms with Crippen LogP contribution in [0.15, 0.2) is 94.3 Å². The van der Waals surface area contributed by atoms with Gasteiger partial charge in [0.2, 0.25) is 11.8 Å². The molecule has 6 heteroatoms. The standard InChI is InChI=1S/C26H27BrN2O2S/c1-20(30)28-25(19-32-24-14-8-13-23(27)17-24)26(31)29(18-22-11-6-3-7-12-22)16-15-21-9-4-2-5-10-21/h2-14,17,25H,15-16,18-19H2,1H3,(H,28,30). The van der Waals surface area contributed by atoms with Gasteiger partial charge in [0, 0.05) is 35.1 Å². The minimum atomic E-state index is -0.601. The van der Waals surface area contributed by atoms with Crippen LogP contribution in [0.25, 0.3) is 0 Å². The van der Waals surface area contributed by atoms with Crippen molar-refractivity contribution in [2.24, 2.45) is 0 Å². The molecule has 3 rings (SSSR count). The van der Waals surface area contributed by atoms with E-state index in [1.807, 2.05) is 77.7 Å². The highest BCUT2D eigenvalue weighted by Gasteiger charge is 2.25. The Labute approximate surface area is 202 Å². The SMILES string of the molecule is CC(=O)NC(CSc1cccc(Br)c1)C(=O)N(CCc1ccccc1)Cc1ccccc1. The molecule has 0 aromatic heterocycles. The van der Waals surface area contributed by atoms with Crippen molar-refractivity contribution < 1.29 is 9.59 Å². The summed E-state index contributed by atoms with van der Waals surface area (Å²) in [6, 6.07) is 27.4. The van der Waals surface area contributed by atoms with Gasteiger partial charge in [0.05, 0.1) is 0 Å². The summed E-state index contributed by atoms with van der Waals surface area (Å²) in [6.45, 7) is 2.54. The molecule has 3 aromatic carbocycles. The van der Waals surface area contributed by atoms with Gasteiger partial charge in [-0.25, -0.2) is 0 Å². The maximum absolute atomic E-state index is 13.6. The number of hydrogen-bond donors (Lipinski definition) is 1. The summed E-state index contributed by atoms with van der Waals surface area (Å²) >= 11 is 5.04. The topological polar surface area (TPSA) is 49.4 Å². The maximum atomic E-state index is 13.6. The number of halogens is 1. The van der Waals surface area contributed by atoms with Gasteiger partial charge in [-0.2, -0.15) is 0 Å². The van der Waals surface area contributed by atoms with Gasteiger partial charge in [0.1, 0.15) is 6.04 Å². The Morgan fingerprint density at radius 2 is 1.59 bits per heavy atom. The van der Waals surface area contributed by atoms with Gasteiger partial charge in [-0.3, -0.25) is 9.59 Å². The summed E-state index contributed by atoms with van der Waals surface area (Å²) in [4.78, 5) is 28.4. The second-order valence-electron chi connectivity index (χ2n) is 7.50. The Morgan fingerprint density at radius 1 is 0.938 bits per heavy atom. The van der Waals surface area contributed by atoms with Crippen molar-refractivity contribution in [3.63, 3.8) is 0 Å². The summed E-state index contributed by atoms with van der Waals surface area (Å²) in [7, 11) is 0. The summed E-state index contributed by atoms with van der Waals surface area (Å²) in [5, 5.41) is 2.87. The Balaban J connectivity index is 1.76. The molecule has 0 aliphatic heterocycles. The number of nitrogens with one attached hydrogen (secondary N) is 1. The van der Waals surface area contributed by atoms with Gasteiger partial charge in [0.25, 0.3) is 0 Å². The fraction of sp³-hybridized carbons (Fsp3) is 0.231. The number of benzene rings is 3. The van der Waals surface area contributed by atoms with Crippen molar-refractivity contribution in [1.29, 1.82) is 0 Å². The van der Waals surface area contributed by atoms with Gasteiger partial charge in [-0.1, -0.05) is 82.7 Å². The van der Waals surface area contributed by atoms with E-state index in [1.54, 1.807) is 11.8 Å². The highest BCUT2D eigenvalue weighted by molar-refractivity contribution is 9.10. The molecule has 0 aliphatic rings. The quantitative estimate of drug-likeness (QED) is 0.375. The Kier molecular flexibility index (Phi) is 9.38. The third-order valence-corrected chi connectivity index (χ3v) is 6.51. The maximum Gasteiger partial charge on any atom is 0.246 e. The van der Waals surface area contributed by atoms with Gasteiger partial charge in [-0.05, 0) is 35.7 Å². The van der Waals surface area contributed by atoms with E-state index in [9.17, 15) is 9.59 Å². The molecule has 0 heterocycles. The molecule has 0 bridgehead atoms. The number of rotatable bonds is 10. The van der Waals surface area contributed by atoms with Crippen molar-refractivity contribution in [3.8, 4) is 0 Å². The summed E-state index contributed by atoms with van der Waals surface area (Å²) in [5.74, 6) is 0.189. The van der Waals surface area contributed by atoms with Crippen molar-refractivity contribution in [3.05, 3.63) is 101 Å². The number of thioether (sulfide) groups is 1. The van der Waals surface area contributed by atoms with Crippen LogP contribution < -0.4 is 5.32 Å². The van der Waals surface area contributed by atoms with Gasteiger partial charge >= 0.3 is 0 Å². The van der Waals surface area contributed by atoms with Crippen LogP contribution in [0.3, 0.4) is 0 Å². The molecular formula is C26H27BrN2O2S. The van der Waals surface area contributed by atoms with Gasteiger partial charge in [0.15, 0.2) is 0 Å². The van der Waals surface area contributed by atoms with Crippen LogP contribution in [0.4, 0.5) is 0 Å². The monoisotopic (exact) mass is 510 g/mol. The summed E-state index contributed by atoms with van der Waals surface area (Å²) in [6.07, 6.45) is 0.755. The fourth-order valence-electron chi connectivity index (χ4n) is 3.36. The molecule has 2 amide bonds. The molecule has 3 aromatic rings. The van der Waals surface area contributed by atoms with E-state index in [0.717, 1.165) is 21.4 Å². The summed E-state index contributed by atoms with van der Waals surface area (Å²) in [5.41, 5.74) is 2.24. The molecule has 0 fully saturated rings. The lowest BCUT2D eigenvalue weighted by Crippen LogP contribution is -2.49. The van der Waals surface area contributed by atoms with Gasteiger partial charge < -0.3 is 10.2 Å². The first-order valence-electron chi connectivity index (χ1n) is 10.5. The van der Waals surface area contributed by atoms with E-state index >= 15 is 0 Å². The van der Waals surface area contributed by atoms with E-state index in [0.29, 0.717) is 18.8 Å². The molecule has 1 atom stereocenters. The minimum Gasteiger partial charge on any atom is -0.344 e. The van der Waals surface area contributed by atoms with Crippen LogP contribution in [0.5, 0.6) is 0 Å². The predicted octanol–water partition coefficient (Wildman–Crippen LogP) is 5.32. The average molecular weight is 511 g/mol. The minimum absolute atomic E-state index is 0.0671. The van der Waals surface area contributed by atoms with E-state index in [-0.39, 0.29) is 11.8 Å². The van der Waals surface area contributed by atoms with Crippen molar-refractivity contribution >= 4 is 39.5 Å². The van der Waals surface area contributed by atoms with Crippen molar-refractivity contribution in [2.45, 2.75) is 30.8 Å². The van der Waals surface area contributed by atoms with Crippen LogP contribution in [0.2, 0.25) is 0 Å². The molecule has 0 aliphatic carbocycles. The molecule has 1 N–H and O–H groups in total. The number of nitrogens with zero attached hydrogens (tertiary/aromatic N) is 1. The normalized spacial score (nSPS) is 11.6. The molecular weight excluding hydrogens is 484 g/mol. The summed E-state index contributed by atoms with van der Waals surface area (Å²) < 4.78 is 0.985. The largest absolute Gasteiger partial charge is 0.344 e. The highest BCUT2D eigenvalue weighted by Crippen LogP contribution is 2.23. The lowest BCUT2D eigenvalue weighted by molar-refractivity contribution is -0.136. The molecule has 4 nitrogen and oxygen atoms in total. The molecule has 0 spiro atoms. The zero-order chi connectivity index (χ0) is 22.8. The van der Waals surface area contributed by atoms with E-state index in [1.165, 1.54) is 12.5 Å². The highest BCUT2D eigenvalue weighted by atomic mass is 79.9. The van der Waals surface area contributed by atoms with E-state index in [4.69, 9.17) is 0 Å². The number of carbonyl (C=O) groups is 2. The van der Waals surface area contributed by atoms with E-state index < -0.39 is 6.04 Å². The first kappa shape index (κ1) is 24.1. The zero-order valence-electron chi connectivity index (χ0n) is 18.0. The third-order valence-electron chi connectivity index (χ3n) is 4.93. The smallest absolute Gasteiger partial charge is 0.246 e. The first-order chi connectivity index (χ1) is 15.5. The van der Waals surface area contributed by atoms with Gasteiger partial charge in [-0.15, -0.1) is 11.8 Å². The predicted molar refractivity (Wildman–Crippen MR) is 134 cm³/mol. The first-order valence-corrected chi connectivity index (χ1v) is 12.3. The molecule has 0 radical (unpaired) electrons. The van der Waals surface area contributed by atoms with Crippen LogP contribution in [0.1, 0.15) is 18.1 Å². The van der Waals surface area contributed by atoms with Crippen molar-refractivity contribution in [2.75, 3.05) is 12.3 Å². The van der Waals surface area contributed by atoms with Crippen LogP contribution >= 0.6 is 27.7 Å².